The first-order valence-electron chi connectivity index (χ1n) is 6.48. The van der Waals surface area contributed by atoms with E-state index in [9.17, 15) is 0 Å². The van der Waals surface area contributed by atoms with E-state index in [2.05, 4.69) is 34.6 Å². The Morgan fingerprint density at radius 2 is 1.57 bits per heavy atom. The molecule has 0 N–H and O–H groups in total. The second-order valence-corrected chi connectivity index (χ2v) is 6.15. The molecule has 1 aliphatic carbocycles. The van der Waals surface area contributed by atoms with Gasteiger partial charge in [0.05, 0.1) is 0 Å². The van der Waals surface area contributed by atoms with Gasteiger partial charge in [-0.3, -0.25) is 0 Å². The van der Waals surface area contributed by atoms with E-state index in [-0.39, 0.29) is 0 Å². The Kier molecular flexibility index (Phi) is 4.04. The van der Waals surface area contributed by atoms with Crippen LogP contribution in [-0.2, 0) is 0 Å². The Hall–Kier alpha value is 0. The Labute approximate surface area is 90.5 Å². The molecule has 0 aliphatic heterocycles. The van der Waals surface area contributed by atoms with E-state index in [0.29, 0.717) is 0 Å². The third-order valence-corrected chi connectivity index (χ3v) is 4.49. The normalized spacial score (nSPS) is 25.5. The summed E-state index contributed by atoms with van der Waals surface area (Å²) in [5.41, 5.74) is 0.726. The van der Waals surface area contributed by atoms with Crippen LogP contribution in [0.2, 0.25) is 0 Å². The molecule has 0 spiro atoms. The lowest BCUT2D eigenvalue weighted by Gasteiger charge is -2.24. The van der Waals surface area contributed by atoms with E-state index in [1.54, 1.807) is 0 Å². The molecular weight excluding hydrogens is 168 g/mol. The fourth-order valence-electron chi connectivity index (χ4n) is 2.53. The van der Waals surface area contributed by atoms with Gasteiger partial charge >= 0.3 is 0 Å². The largest absolute Gasteiger partial charge is 0.0651 e. The molecular formula is C14H28. The van der Waals surface area contributed by atoms with Crippen LogP contribution in [0.25, 0.3) is 0 Å². The van der Waals surface area contributed by atoms with E-state index in [1.165, 1.54) is 32.1 Å². The van der Waals surface area contributed by atoms with Crippen LogP contribution in [0.4, 0.5) is 0 Å². The molecule has 14 heavy (non-hydrogen) atoms. The molecule has 84 valence electrons. The van der Waals surface area contributed by atoms with Gasteiger partial charge in [0.2, 0.25) is 0 Å². The first-order chi connectivity index (χ1) is 6.48. The van der Waals surface area contributed by atoms with Crippen molar-refractivity contribution in [2.75, 3.05) is 0 Å². The van der Waals surface area contributed by atoms with Crippen LogP contribution in [0.3, 0.4) is 0 Å². The second-order valence-electron chi connectivity index (χ2n) is 6.15. The average Bonchev–Trinajstić information content (AvgIpc) is 2.84. The van der Waals surface area contributed by atoms with E-state index in [4.69, 9.17) is 0 Å². The summed E-state index contributed by atoms with van der Waals surface area (Å²) in [6, 6.07) is 0. The van der Waals surface area contributed by atoms with Crippen LogP contribution in [0.15, 0.2) is 0 Å². The van der Waals surface area contributed by atoms with Crippen molar-refractivity contribution in [3.8, 4) is 0 Å². The van der Waals surface area contributed by atoms with Crippen molar-refractivity contribution >= 4 is 0 Å². The summed E-state index contributed by atoms with van der Waals surface area (Å²) in [6.45, 7) is 12.1. The zero-order valence-corrected chi connectivity index (χ0v) is 10.8. The first-order valence-corrected chi connectivity index (χ1v) is 6.48. The predicted molar refractivity (Wildman–Crippen MR) is 64.4 cm³/mol. The lowest BCUT2D eigenvalue weighted by Crippen LogP contribution is -2.14. The molecule has 0 heterocycles. The van der Waals surface area contributed by atoms with Gasteiger partial charge in [-0.1, -0.05) is 41.0 Å². The average molecular weight is 196 g/mol. The Morgan fingerprint density at radius 1 is 1.00 bits per heavy atom. The molecule has 0 bridgehead atoms. The minimum atomic E-state index is 0.726. The van der Waals surface area contributed by atoms with E-state index in [0.717, 1.165) is 23.2 Å². The fraction of sp³-hybridized carbons (Fsp3) is 1.00. The van der Waals surface area contributed by atoms with Crippen molar-refractivity contribution in [1.82, 2.24) is 0 Å². The highest BCUT2D eigenvalue weighted by Crippen LogP contribution is 2.53. The molecule has 3 atom stereocenters. The molecule has 0 radical (unpaired) electrons. The predicted octanol–water partition coefficient (Wildman–Crippen LogP) is 4.89. The van der Waals surface area contributed by atoms with Crippen LogP contribution in [0.5, 0.6) is 0 Å². The van der Waals surface area contributed by atoms with Gasteiger partial charge in [0.15, 0.2) is 0 Å². The van der Waals surface area contributed by atoms with Crippen LogP contribution in [0.1, 0.15) is 66.7 Å². The molecule has 0 saturated heterocycles. The summed E-state index contributed by atoms with van der Waals surface area (Å²) in [4.78, 5) is 0. The maximum Gasteiger partial charge on any atom is -0.0300 e. The van der Waals surface area contributed by atoms with Crippen LogP contribution in [0, 0.1) is 23.2 Å². The molecule has 3 unspecified atom stereocenters. The molecule has 0 aromatic carbocycles. The third-order valence-electron chi connectivity index (χ3n) is 4.49. The number of hydrogen-bond donors (Lipinski definition) is 0. The van der Waals surface area contributed by atoms with E-state index < -0.39 is 0 Å². The Bertz CT molecular complexity index is 167. The summed E-state index contributed by atoms with van der Waals surface area (Å²) >= 11 is 0. The molecule has 0 nitrogen and oxygen atoms in total. The molecule has 1 saturated carbocycles. The monoisotopic (exact) mass is 196 g/mol. The number of rotatable bonds is 6. The smallest absolute Gasteiger partial charge is 0.0300 e. The van der Waals surface area contributed by atoms with Crippen LogP contribution < -0.4 is 0 Å². The molecule has 0 heteroatoms. The maximum absolute atomic E-state index is 2.47. The van der Waals surface area contributed by atoms with Crippen molar-refractivity contribution < 1.29 is 0 Å². The Balaban J connectivity index is 2.22. The quantitative estimate of drug-likeness (QED) is 0.567. The fourth-order valence-corrected chi connectivity index (χ4v) is 2.53. The second kappa shape index (κ2) is 4.68. The van der Waals surface area contributed by atoms with Gasteiger partial charge in [-0.15, -0.1) is 0 Å². The van der Waals surface area contributed by atoms with Crippen molar-refractivity contribution in [2.45, 2.75) is 66.7 Å². The molecule has 1 rings (SSSR count). The SMILES string of the molecule is CCC(C)CC(C)CC(C)C1(C)CC1. The highest BCUT2D eigenvalue weighted by molar-refractivity contribution is 4.93. The van der Waals surface area contributed by atoms with Crippen molar-refractivity contribution in [3.63, 3.8) is 0 Å². The highest BCUT2D eigenvalue weighted by Gasteiger charge is 2.42. The lowest BCUT2D eigenvalue weighted by atomic mass is 9.82. The van der Waals surface area contributed by atoms with Gasteiger partial charge < -0.3 is 0 Å². The standard InChI is InChI=1S/C14H28/c1-6-11(2)9-12(3)10-13(4)14(5)7-8-14/h11-13H,6-10H2,1-5H3. The summed E-state index contributed by atoms with van der Waals surface area (Å²) in [5.74, 6) is 2.79. The van der Waals surface area contributed by atoms with Gasteiger partial charge in [0.25, 0.3) is 0 Å². The lowest BCUT2D eigenvalue weighted by molar-refractivity contribution is 0.267. The third kappa shape index (κ3) is 3.29. The molecule has 0 aromatic rings. The van der Waals surface area contributed by atoms with Gasteiger partial charge in [-0.2, -0.15) is 0 Å². The van der Waals surface area contributed by atoms with Gasteiger partial charge in [-0.05, 0) is 48.9 Å². The summed E-state index contributed by atoms with van der Waals surface area (Å²) in [7, 11) is 0. The molecule has 0 amide bonds. The molecule has 0 aromatic heterocycles. The van der Waals surface area contributed by atoms with E-state index in [1.807, 2.05) is 0 Å². The van der Waals surface area contributed by atoms with Crippen LogP contribution >= 0.6 is 0 Å². The minimum Gasteiger partial charge on any atom is -0.0651 e. The zero-order chi connectivity index (χ0) is 10.8. The van der Waals surface area contributed by atoms with Crippen molar-refractivity contribution in [3.05, 3.63) is 0 Å². The summed E-state index contributed by atoms with van der Waals surface area (Å²) in [5, 5.41) is 0. The van der Waals surface area contributed by atoms with Crippen molar-refractivity contribution in [1.29, 1.82) is 0 Å². The number of hydrogen-bond acceptors (Lipinski definition) is 0. The minimum absolute atomic E-state index is 0.726. The maximum atomic E-state index is 2.47. The molecule has 1 fully saturated rings. The topological polar surface area (TPSA) is 0 Å². The summed E-state index contributed by atoms with van der Waals surface area (Å²) in [6.07, 6.45) is 7.17. The molecule has 1 aliphatic rings. The summed E-state index contributed by atoms with van der Waals surface area (Å²) < 4.78 is 0. The van der Waals surface area contributed by atoms with Gasteiger partial charge in [0.1, 0.15) is 0 Å². The van der Waals surface area contributed by atoms with Gasteiger partial charge in [0, 0.05) is 0 Å². The van der Waals surface area contributed by atoms with Gasteiger partial charge in [-0.25, -0.2) is 0 Å². The highest BCUT2D eigenvalue weighted by atomic mass is 14.5. The van der Waals surface area contributed by atoms with Crippen LogP contribution in [-0.4, -0.2) is 0 Å². The zero-order valence-electron chi connectivity index (χ0n) is 10.8. The van der Waals surface area contributed by atoms with Crippen molar-refractivity contribution in [2.24, 2.45) is 23.2 Å². The first kappa shape index (κ1) is 12.1. The Morgan fingerprint density at radius 3 is 2.00 bits per heavy atom. The van der Waals surface area contributed by atoms with E-state index >= 15 is 0 Å².